The minimum atomic E-state index is -1.12. The highest BCUT2D eigenvalue weighted by Gasteiger charge is 2.40. The Labute approximate surface area is 200 Å². The summed E-state index contributed by atoms with van der Waals surface area (Å²) in [7, 11) is 0. The molecule has 3 amide bonds. The van der Waals surface area contributed by atoms with Crippen LogP contribution in [-0.2, 0) is 20.9 Å². The Kier molecular flexibility index (Phi) is 8.36. The molecule has 2 heterocycles. The number of amides is 3. The van der Waals surface area contributed by atoms with Gasteiger partial charge in [0.05, 0.1) is 24.0 Å². The van der Waals surface area contributed by atoms with E-state index in [1.165, 1.54) is 0 Å². The van der Waals surface area contributed by atoms with Crippen LogP contribution in [0.25, 0.3) is 11.0 Å². The summed E-state index contributed by atoms with van der Waals surface area (Å²) in [6.45, 7) is 0.641. The van der Waals surface area contributed by atoms with Crippen LogP contribution in [0.2, 0.25) is 0 Å². The van der Waals surface area contributed by atoms with Crippen LogP contribution < -0.4 is 33.6 Å². The zero-order valence-corrected chi connectivity index (χ0v) is 19.3. The van der Waals surface area contributed by atoms with Crippen LogP contribution in [-0.4, -0.2) is 63.9 Å². The number of para-hydroxylation sites is 2. The number of likely N-dealkylation sites (tertiary alicyclic amines) is 1. The number of nitrogens with zero attached hydrogens (tertiary/aromatic N) is 4. The molecule has 13 nitrogen and oxygen atoms in total. The summed E-state index contributed by atoms with van der Waals surface area (Å²) in [6, 6.07) is 5.32. The van der Waals surface area contributed by atoms with Crippen LogP contribution in [0.3, 0.4) is 0 Å². The lowest BCUT2D eigenvalue weighted by Crippen LogP contribution is -2.46. The van der Waals surface area contributed by atoms with E-state index in [0.29, 0.717) is 13.0 Å². The van der Waals surface area contributed by atoms with Gasteiger partial charge in [-0.25, -0.2) is 0 Å². The number of unbranched alkanes of at least 4 members (excludes halogenated alkanes) is 2. The zero-order chi connectivity index (χ0) is 25.5. The molecule has 0 unspecified atom stereocenters. The summed E-state index contributed by atoms with van der Waals surface area (Å²) >= 11 is 0. The third-order valence-electron chi connectivity index (χ3n) is 5.73. The second kappa shape index (κ2) is 11.4. The second-order valence-corrected chi connectivity index (χ2v) is 8.16. The Bertz CT molecular complexity index is 1260. The first kappa shape index (κ1) is 25.6. The van der Waals surface area contributed by atoms with Gasteiger partial charge in [0.25, 0.3) is 5.91 Å². The van der Waals surface area contributed by atoms with Crippen LogP contribution in [0.4, 0.5) is 0 Å². The largest absolute Gasteiger partial charge is 0.370 e. The number of hydrogen-bond acceptors (Lipinski definition) is 7. The van der Waals surface area contributed by atoms with Gasteiger partial charge in [0.1, 0.15) is 12.6 Å². The maximum atomic E-state index is 13.1. The fraction of sp³-hybridized carbons (Fsp3) is 0.455. The maximum absolute atomic E-state index is 13.1. The van der Waals surface area contributed by atoms with E-state index in [2.05, 4.69) is 10.3 Å². The van der Waals surface area contributed by atoms with Gasteiger partial charge in [-0.1, -0.05) is 18.6 Å². The van der Waals surface area contributed by atoms with Crippen LogP contribution in [0.5, 0.6) is 0 Å². The highest BCUT2D eigenvalue weighted by atomic mass is 16.2. The number of nitrogens with two attached hydrogens (primary N) is 3. The van der Waals surface area contributed by atoms with Crippen molar-refractivity contribution < 1.29 is 14.4 Å². The summed E-state index contributed by atoms with van der Waals surface area (Å²) < 4.78 is 2.13. The van der Waals surface area contributed by atoms with Crippen molar-refractivity contribution in [1.29, 1.82) is 0 Å². The van der Waals surface area contributed by atoms with E-state index in [4.69, 9.17) is 17.2 Å². The van der Waals surface area contributed by atoms with E-state index in [1.54, 1.807) is 24.3 Å². The summed E-state index contributed by atoms with van der Waals surface area (Å²) in [6.07, 6.45) is 1.94. The Balaban J connectivity index is 1.90. The average molecular weight is 487 g/mol. The van der Waals surface area contributed by atoms with Gasteiger partial charge in [0.2, 0.25) is 11.8 Å². The Morgan fingerprint density at radius 3 is 2.43 bits per heavy atom. The van der Waals surface area contributed by atoms with Gasteiger partial charge < -0.3 is 22.5 Å². The van der Waals surface area contributed by atoms with Gasteiger partial charge in [-0.3, -0.25) is 43.0 Å². The van der Waals surface area contributed by atoms with Crippen LogP contribution in [0, 0.1) is 0 Å². The summed E-state index contributed by atoms with van der Waals surface area (Å²) in [5, 5.41) is 2.58. The van der Waals surface area contributed by atoms with E-state index >= 15 is 0 Å². The lowest BCUT2D eigenvalue weighted by atomic mass is 10.2. The second-order valence-electron chi connectivity index (χ2n) is 8.16. The number of carbonyl (C=O) groups excluding carboxylic acids is 3. The zero-order valence-electron chi connectivity index (χ0n) is 19.3. The molecule has 13 heteroatoms. The van der Waals surface area contributed by atoms with Gasteiger partial charge in [0.15, 0.2) is 5.96 Å². The summed E-state index contributed by atoms with van der Waals surface area (Å²) in [5.74, 6) is -1.55. The smallest absolute Gasteiger partial charge is 0.317 e. The van der Waals surface area contributed by atoms with Gasteiger partial charge in [-0.05, 0) is 31.5 Å². The van der Waals surface area contributed by atoms with Crippen molar-refractivity contribution in [3.63, 3.8) is 0 Å². The first-order valence-corrected chi connectivity index (χ1v) is 11.4. The number of benzene rings is 1. The average Bonchev–Trinajstić information content (AvgIpc) is 3.10. The topological polar surface area (TPSA) is 201 Å². The van der Waals surface area contributed by atoms with Gasteiger partial charge in [-0.15, -0.1) is 0 Å². The quantitative estimate of drug-likeness (QED) is 0.0916. The Hall–Kier alpha value is -4.00. The van der Waals surface area contributed by atoms with Crippen molar-refractivity contribution in [1.82, 2.24) is 19.4 Å². The monoisotopic (exact) mass is 486 g/mol. The molecule has 1 aromatic carbocycles. The van der Waals surface area contributed by atoms with Crippen molar-refractivity contribution in [2.45, 2.75) is 38.3 Å². The molecule has 0 radical (unpaired) electrons. The first-order chi connectivity index (χ1) is 16.8. The number of carbonyl (C=O) groups is 3. The molecule has 1 fully saturated rings. The maximum Gasteiger partial charge on any atom is 0.317 e. The van der Waals surface area contributed by atoms with Crippen molar-refractivity contribution in [2.75, 3.05) is 26.2 Å². The predicted octanol–water partition coefficient (Wildman–Crippen LogP) is -2.02. The fourth-order valence-corrected chi connectivity index (χ4v) is 4.07. The van der Waals surface area contributed by atoms with E-state index in [9.17, 15) is 24.0 Å². The lowest BCUT2D eigenvalue weighted by Gasteiger charge is -2.19. The number of fused-ring (bicyclic) bond motifs is 1. The SMILES string of the molecule is NCCCCCN1C(=O)C[C@H](n2c(=O)c(=O)n(CC(=O)NCCN=C(N)N)c3ccccc32)C1=O. The molecule has 1 aromatic heterocycles. The number of nitrogens with one attached hydrogen (secondary N) is 1. The molecular weight excluding hydrogens is 456 g/mol. The Morgan fingerprint density at radius 2 is 1.74 bits per heavy atom. The van der Waals surface area contributed by atoms with Gasteiger partial charge >= 0.3 is 11.1 Å². The molecule has 35 heavy (non-hydrogen) atoms. The highest BCUT2D eigenvalue weighted by molar-refractivity contribution is 6.05. The molecule has 1 atom stereocenters. The van der Waals surface area contributed by atoms with Gasteiger partial charge in [0, 0.05) is 13.1 Å². The summed E-state index contributed by atoms with van der Waals surface area (Å²) in [5.41, 5.74) is 14.6. The van der Waals surface area contributed by atoms with E-state index < -0.39 is 41.4 Å². The molecule has 188 valence electrons. The predicted molar refractivity (Wildman–Crippen MR) is 129 cm³/mol. The van der Waals surface area contributed by atoms with E-state index in [-0.39, 0.29) is 43.0 Å². The summed E-state index contributed by atoms with van der Waals surface area (Å²) in [4.78, 5) is 69.0. The number of rotatable bonds is 11. The molecule has 0 bridgehead atoms. The number of imide groups is 1. The minimum Gasteiger partial charge on any atom is -0.370 e. The van der Waals surface area contributed by atoms with Crippen molar-refractivity contribution in [3.8, 4) is 0 Å². The van der Waals surface area contributed by atoms with E-state index in [0.717, 1.165) is 26.9 Å². The molecule has 1 aliphatic heterocycles. The molecule has 1 saturated heterocycles. The third-order valence-corrected chi connectivity index (χ3v) is 5.73. The van der Waals surface area contributed by atoms with Crippen molar-refractivity contribution >= 4 is 34.7 Å². The standard InChI is InChI=1S/C22H30N8O5/c23-8-4-1-5-11-28-18(32)12-16(19(28)33)30-15-7-3-2-6-14(15)29(20(34)21(30)35)13-17(31)26-9-10-27-22(24)25/h2-3,6-7,16H,1,4-5,8-13,23H2,(H,26,31)(H4,24,25,27)/t16-/m0/s1. The molecule has 0 saturated carbocycles. The molecule has 1 aliphatic rings. The fourth-order valence-electron chi connectivity index (χ4n) is 4.07. The number of hydrogen-bond donors (Lipinski definition) is 4. The third kappa shape index (κ3) is 5.74. The first-order valence-electron chi connectivity index (χ1n) is 11.4. The molecular formula is C22H30N8O5. The number of guanidine groups is 1. The Morgan fingerprint density at radius 1 is 1.03 bits per heavy atom. The molecule has 3 rings (SSSR count). The molecule has 2 aromatic rings. The van der Waals surface area contributed by atoms with Gasteiger partial charge in [-0.2, -0.15) is 0 Å². The molecule has 0 spiro atoms. The number of aromatic nitrogens is 2. The van der Waals surface area contributed by atoms with Crippen molar-refractivity contribution in [2.24, 2.45) is 22.2 Å². The van der Waals surface area contributed by atoms with Crippen LogP contribution in [0.1, 0.15) is 31.7 Å². The van der Waals surface area contributed by atoms with E-state index in [1.807, 2.05) is 0 Å². The molecule has 7 N–H and O–H groups in total. The number of aliphatic imine (C=N–C) groups is 1. The lowest BCUT2D eigenvalue weighted by molar-refractivity contribution is -0.139. The normalized spacial score (nSPS) is 15.6. The molecule has 0 aliphatic carbocycles. The highest BCUT2D eigenvalue weighted by Crippen LogP contribution is 2.26. The minimum absolute atomic E-state index is 0.112. The van der Waals surface area contributed by atoms with Crippen LogP contribution >= 0.6 is 0 Å². The van der Waals surface area contributed by atoms with Crippen LogP contribution in [0.15, 0.2) is 38.8 Å². The van der Waals surface area contributed by atoms with Crippen molar-refractivity contribution in [3.05, 3.63) is 45.0 Å².